The predicted octanol–water partition coefficient (Wildman–Crippen LogP) is 1.79. The van der Waals surface area contributed by atoms with Gasteiger partial charge in [0.05, 0.1) is 0 Å². The van der Waals surface area contributed by atoms with Crippen molar-refractivity contribution in [3.8, 4) is 5.75 Å². The second-order valence-electron chi connectivity index (χ2n) is 4.07. The van der Waals surface area contributed by atoms with Crippen molar-refractivity contribution in [1.82, 2.24) is 10.6 Å². The highest BCUT2D eigenvalue weighted by atomic mass is 19.1. The Morgan fingerprint density at radius 2 is 2.32 bits per heavy atom. The van der Waals surface area contributed by atoms with Crippen molar-refractivity contribution >= 4 is 5.91 Å². The summed E-state index contributed by atoms with van der Waals surface area (Å²) in [6.07, 6.45) is 1.58. The Bertz CT molecular complexity index is 449. The fraction of sp³-hybridized carbons (Fsp3) is 0.357. The lowest BCUT2D eigenvalue weighted by Gasteiger charge is -2.16. The maximum absolute atomic E-state index is 13.2. The molecule has 1 unspecified atom stereocenters. The Labute approximate surface area is 112 Å². The summed E-state index contributed by atoms with van der Waals surface area (Å²) in [5.74, 6) is -0.295. The van der Waals surface area contributed by atoms with Crippen LogP contribution in [0.5, 0.6) is 5.75 Å². The van der Waals surface area contributed by atoms with Gasteiger partial charge >= 0.3 is 0 Å². The number of hydrogen-bond donors (Lipinski definition) is 2. The number of ether oxygens (including phenoxy) is 1. The Kier molecular flexibility index (Phi) is 6.02. The maximum atomic E-state index is 13.2. The van der Waals surface area contributed by atoms with Crippen molar-refractivity contribution in [2.75, 3.05) is 20.2 Å². The van der Waals surface area contributed by atoms with Crippen LogP contribution in [0, 0.1) is 5.82 Å². The highest BCUT2D eigenvalue weighted by molar-refractivity contribution is 5.77. The minimum Gasteiger partial charge on any atom is -0.483 e. The van der Waals surface area contributed by atoms with E-state index in [4.69, 9.17) is 4.74 Å². The van der Waals surface area contributed by atoms with Crippen molar-refractivity contribution in [2.24, 2.45) is 0 Å². The molecule has 0 heterocycles. The zero-order valence-electron chi connectivity index (χ0n) is 11.2. The topological polar surface area (TPSA) is 50.4 Å². The molecule has 2 N–H and O–H groups in total. The van der Waals surface area contributed by atoms with Gasteiger partial charge in [0.1, 0.15) is 11.6 Å². The summed E-state index contributed by atoms with van der Waals surface area (Å²) < 4.78 is 18.6. The van der Waals surface area contributed by atoms with E-state index in [0.29, 0.717) is 12.3 Å². The fourth-order valence-corrected chi connectivity index (χ4v) is 1.53. The number of benzene rings is 1. The molecule has 1 rings (SSSR count). The zero-order chi connectivity index (χ0) is 14.3. The van der Waals surface area contributed by atoms with Crippen LogP contribution in [0.1, 0.15) is 18.5 Å². The van der Waals surface area contributed by atoms with Crippen LogP contribution in [-0.4, -0.2) is 26.1 Å². The van der Waals surface area contributed by atoms with Gasteiger partial charge in [0.15, 0.2) is 6.61 Å². The van der Waals surface area contributed by atoms with Crippen LogP contribution in [-0.2, 0) is 4.79 Å². The van der Waals surface area contributed by atoms with Crippen LogP contribution in [0.25, 0.3) is 0 Å². The fourth-order valence-electron chi connectivity index (χ4n) is 1.53. The van der Waals surface area contributed by atoms with Gasteiger partial charge in [0.2, 0.25) is 0 Å². The summed E-state index contributed by atoms with van der Waals surface area (Å²) in [5, 5.41) is 5.64. The molecule has 0 aliphatic carbocycles. The molecule has 5 heteroatoms. The normalized spacial score (nSPS) is 11.7. The lowest BCUT2D eigenvalue weighted by atomic mass is 10.1. The van der Waals surface area contributed by atoms with Gasteiger partial charge in [-0.1, -0.05) is 12.1 Å². The molecular weight excluding hydrogens is 247 g/mol. The van der Waals surface area contributed by atoms with Crippen molar-refractivity contribution in [3.63, 3.8) is 0 Å². The standard InChI is InChI=1S/C14H19FN2O2/c1-4-7-17-14(18)9-19-13-8-11(15)5-6-12(13)10(2)16-3/h4-6,8,10,16H,1,7,9H2,2-3H3,(H,17,18). The summed E-state index contributed by atoms with van der Waals surface area (Å²) in [6.45, 7) is 5.65. The molecule has 4 nitrogen and oxygen atoms in total. The second kappa shape index (κ2) is 7.53. The number of nitrogens with one attached hydrogen (secondary N) is 2. The van der Waals surface area contributed by atoms with Crippen LogP contribution in [0.3, 0.4) is 0 Å². The summed E-state index contributed by atoms with van der Waals surface area (Å²) in [7, 11) is 1.80. The number of carbonyl (C=O) groups is 1. The number of hydrogen-bond acceptors (Lipinski definition) is 3. The van der Waals surface area contributed by atoms with E-state index in [1.807, 2.05) is 6.92 Å². The number of rotatable bonds is 7. The Hall–Kier alpha value is -1.88. The van der Waals surface area contributed by atoms with Crippen LogP contribution >= 0.6 is 0 Å². The van der Waals surface area contributed by atoms with Crippen LogP contribution < -0.4 is 15.4 Å². The first-order valence-electron chi connectivity index (χ1n) is 6.05. The molecule has 0 aromatic heterocycles. The van der Waals surface area contributed by atoms with E-state index in [0.717, 1.165) is 5.56 Å². The highest BCUT2D eigenvalue weighted by Crippen LogP contribution is 2.25. The summed E-state index contributed by atoms with van der Waals surface area (Å²) >= 11 is 0. The second-order valence-corrected chi connectivity index (χ2v) is 4.07. The number of carbonyl (C=O) groups excluding carboxylic acids is 1. The smallest absolute Gasteiger partial charge is 0.258 e. The third-order valence-corrected chi connectivity index (χ3v) is 2.68. The zero-order valence-corrected chi connectivity index (χ0v) is 11.2. The van der Waals surface area contributed by atoms with E-state index in [2.05, 4.69) is 17.2 Å². The van der Waals surface area contributed by atoms with Crippen LogP contribution in [0.2, 0.25) is 0 Å². The molecule has 0 saturated carbocycles. The van der Waals surface area contributed by atoms with Crippen LogP contribution in [0.4, 0.5) is 4.39 Å². The molecule has 0 spiro atoms. The van der Waals surface area contributed by atoms with Crippen molar-refractivity contribution < 1.29 is 13.9 Å². The lowest BCUT2D eigenvalue weighted by Crippen LogP contribution is -2.29. The third-order valence-electron chi connectivity index (χ3n) is 2.68. The van der Waals surface area contributed by atoms with E-state index >= 15 is 0 Å². The predicted molar refractivity (Wildman–Crippen MR) is 72.6 cm³/mol. The molecule has 1 amide bonds. The molecule has 104 valence electrons. The molecule has 0 bridgehead atoms. The highest BCUT2D eigenvalue weighted by Gasteiger charge is 2.12. The maximum Gasteiger partial charge on any atom is 0.258 e. The van der Waals surface area contributed by atoms with Gasteiger partial charge in [0, 0.05) is 24.2 Å². The van der Waals surface area contributed by atoms with E-state index in [9.17, 15) is 9.18 Å². The summed E-state index contributed by atoms with van der Waals surface area (Å²) in [4.78, 5) is 11.4. The first-order chi connectivity index (χ1) is 9.08. The third kappa shape index (κ3) is 4.71. The number of amides is 1. The molecule has 0 radical (unpaired) electrons. The Balaban J connectivity index is 2.73. The lowest BCUT2D eigenvalue weighted by molar-refractivity contribution is -0.122. The van der Waals surface area contributed by atoms with Gasteiger partial charge in [-0.25, -0.2) is 4.39 Å². The van der Waals surface area contributed by atoms with Gasteiger partial charge in [-0.2, -0.15) is 0 Å². The first kappa shape index (κ1) is 15.2. The average molecular weight is 266 g/mol. The molecule has 0 saturated heterocycles. The van der Waals surface area contributed by atoms with Crippen molar-refractivity contribution in [1.29, 1.82) is 0 Å². The largest absolute Gasteiger partial charge is 0.483 e. The van der Waals surface area contributed by atoms with Gasteiger partial charge in [0.25, 0.3) is 5.91 Å². The first-order valence-corrected chi connectivity index (χ1v) is 6.05. The minimum atomic E-state index is -0.395. The van der Waals surface area contributed by atoms with E-state index in [1.54, 1.807) is 19.2 Å². The van der Waals surface area contributed by atoms with E-state index < -0.39 is 5.82 Å². The summed E-state index contributed by atoms with van der Waals surface area (Å²) in [6, 6.07) is 4.30. The Morgan fingerprint density at radius 1 is 1.58 bits per heavy atom. The van der Waals surface area contributed by atoms with Gasteiger partial charge in [-0.05, 0) is 20.0 Å². The van der Waals surface area contributed by atoms with E-state index in [1.165, 1.54) is 12.1 Å². The molecule has 19 heavy (non-hydrogen) atoms. The molecule has 0 aliphatic heterocycles. The van der Waals surface area contributed by atoms with E-state index in [-0.39, 0.29) is 18.6 Å². The molecule has 1 atom stereocenters. The Morgan fingerprint density at radius 3 is 2.95 bits per heavy atom. The van der Waals surface area contributed by atoms with Crippen molar-refractivity contribution in [2.45, 2.75) is 13.0 Å². The number of halogens is 1. The van der Waals surface area contributed by atoms with Gasteiger partial charge < -0.3 is 15.4 Å². The van der Waals surface area contributed by atoms with Gasteiger partial charge in [-0.15, -0.1) is 6.58 Å². The SMILES string of the molecule is C=CCNC(=O)COc1cc(F)ccc1C(C)NC. The molecule has 1 aromatic carbocycles. The van der Waals surface area contributed by atoms with Crippen molar-refractivity contribution in [3.05, 3.63) is 42.2 Å². The molecule has 1 aromatic rings. The van der Waals surface area contributed by atoms with Gasteiger partial charge in [-0.3, -0.25) is 4.79 Å². The quantitative estimate of drug-likeness (QED) is 0.740. The monoisotopic (exact) mass is 266 g/mol. The molecule has 0 aliphatic rings. The van der Waals surface area contributed by atoms with Crippen LogP contribution in [0.15, 0.2) is 30.9 Å². The molecular formula is C14H19FN2O2. The summed E-state index contributed by atoms with van der Waals surface area (Å²) in [5.41, 5.74) is 0.806. The molecule has 0 fully saturated rings. The minimum absolute atomic E-state index is 0.00633. The average Bonchev–Trinajstić information content (AvgIpc) is 2.42.